The molecule has 0 aliphatic rings. The van der Waals surface area contributed by atoms with Crippen molar-refractivity contribution in [2.75, 3.05) is 4.72 Å². The molecule has 28 heavy (non-hydrogen) atoms. The molecule has 0 bridgehead atoms. The number of nitrogens with zero attached hydrogens (tertiary/aromatic N) is 1. The molecule has 0 aliphatic carbocycles. The molecule has 146 valence electrons. The Balaban J connectivity index is 2.02. The molecule has 1 amide bonds. The van der Waals surface area contributed by atoms with Crippen molar-refractivity contribution in [2.24, 2.45) is 5.73 Å². The lowest BCUT2D eigenvalue weighted by Crippen LogP contribution is -2.21. The van der Waals surface area contributed by atoms with E-state index in [0.717, 1.165) is 0 Å². The molecular weight excluding hydrogens is 428 g/mol. The second-order valence-electron chi connectivity index (χ2n) is 5.84. The number of nitrogens with two attached hydrogens (primary N) is 1. The van der Waals surface area contributed by atoms with Crippen molar-refractivity contribution in [3.8, 4) is 0 Å². The predicted molar refractivity (Wildman–Crippen MR) is 106 cm³/mol. The lowest BCUT2D eigenvalue weighted by Gasteiger charge is -2.15. The number of rotatable bonds is 6. The van der Waals surface area contributed by atoms with E-state index in [1.54, 1.807) is 0 Å². The van der Waals surface area contributed by atoms with Crippen molar-refractivity contribution in [3.63, 3.8) is 0 Å². The summed E-state index contributed by atoms with van der Waals surface area (Å²) in [6.07, 6.45) is 0. The van der Waals surface area contributed by atoms with Gasteiger partial charge in [0.05, 0.1) is 10.0 Å². The molecule has 3 N–H and O–H groups in total. The Morgan fingerprint density at radius 3 is 2.21 bits per heavy atom. The quantitative estimate of drug-likeness (QED) is 0.607. The van der Waals surface area contributed by atoms with Crippen molar-refractivity contribution < 1.29 is 17.6 Å². The smallest absolute Gasteiger partial charge is 0.265 e. The maximum absolute atomic E-state index is 13.1. The van der Waals surface area contributed by atoms with Gasteiger partial charge < -0.3 is 10.3 Å². The van der Waals surface area contributed by atoms with Gasteiger partial charge in [0.15, 0.2) is 0 Å². The monoisotopic (exact) mass is 441 g/mol. The van der Waals surface area contributed by atoms with Crippen LogP contribution in [-0.4, -0.2) is 18.9 Å². The van der Waals surface area contributed by atoms with Gasteiger partial charge in [0.1, 0.15) is 22.2 Å². The highest BCUT2D eigenvalue weighted by molar-refractivity contribution is 7.93. The van der Waals surface area contributed by atoms with Crippen molar-refractivity contribution in [1.82, 2.24) is 4.57 Å². The first-order chi connectivity index (χ1) is 13.2. The van der Waals surface area contributed by atoms with Gasteiger partial charge in [-0.25, -0.2) is 12.8 Å². The first-order valence-corrected chi connectivity index (χ1v) is 10.1. The predicted octanol–water partition coefficient (Wildman–Crippen LogP) is 3.88. The highest BCUT2D eigenvalue weighted by Gasteiger charge is 2.24. The van der Waals surface area contributed by atoms with Crippen LogP contribution in [0.15, 0.2) is 59.5 Å². The number of hydrogen-bond donors (Lipinski definition) is 2. The Bertz CT molecular complexity index is 1130. The molecule has 2 aromatic carbocycles. The lowest BCUT2D eigenvalue weighted by atomic mass is 10.2. The van der Waals surface area contributed by atoms with Crippen LogP contribution in [0.25, 0.3) is 0 Å². The van der Waals surface area contributed by atoms with Crippen LogP contribution in [0.5, 0.6) is 0 Å². The zero-order chi connectivity index (χ0) is 20.5. The molecule has 6 nitrogen and oxygen atoms in total. The topological polar surface area (TPSA) is 94.2 Å². The summed E-state index contributed by atoms with van der Waals surface area (Å²) < 4.78 is 42.5. The summed E-state index contributed by atoms with van der Waals surface area (Å²) in [6.45, 7) is 0.0830. The van der Waals surface area contributed by atoms with E-state index in [0.29, 0.717) is 5.56 Å². The van der Waals surface area contributed by atoms with E-state index >= 15 is 0 Å². The summed E-state index contributed by atoms with van der Waals surface area (Å²) in [4.78, 5) is 11.5. The van der Waals surface area contributed by atoms with Gasteiger partial charge in [-0.05, 0) is 42.0 Å². The molecule has 3 rings (SSSR count). The van der Waals surface area contributed by atoms with E-state index in [9.17, 15) is 17.6 Å². The second kappa shape index (κ2) is 7.83. The molecule has 0 atom stereocenters. The molecule has 1 heterocycles. The summed E-state index contributed by atoms with van der Waals surface area (Å²) in [7, 11) is -4.16. The molecule has 1 aromatic heterocycles. The van der Waals surface area contributed by atoms with E-state index in [-0.39, 0.29) is 33.0 Å². The van der Waals surface area contributed by atoms with Crippen LogP contribution < -0.4 is 10.5 Å². The van der Waals surface area contributed by atoms with Gasteiger partial charge in [-0.15, -0.1) is 0 Å². The number of amides is 1. The van der Waals surface area contributed by atoms with Crippen molar-refractivity contribution >= 4 is 45.0 Å². The highest BCUT2D eigenvalue weighted by atomic mass is 35.5. The van der Waals surface area contributed by atoms with Crippen LogP contribution >= 0.6 is 23.2 Å². The number of primary amides is 1. The minimum absolute atomic E-state index is 0.0493. The fourth-order valence-electron chi connectivity index (χ4n) is 2.64. The number of carbonyl (C=O) groups excluding carboxylic acids is 1. The van der Waals surface area contributed by atoms with Crippen LogP contribution in [0.2, 0.25) is 10.0 Å². The van der Waals surface area contributed by atoms with Crippen molar-refractivity contribution in [3.05, 3.63) is 81.7 Å². The van der Waals surface area contributed by atoms with E-state index in [1.165, 1.54) is 59.2 Å². The number of halogens is 3. The number of aromatic nitrogens is 1. The molecule has 0 spiro atoms. The Hall–Kier alpha value is -2.55. The van der Waals surface area contributed by atoms with Gasteiger partial charge in [-0.1, -0.05) is 41.4 Å². The molecule has 0 saturated heterocycles. The number of carbonyl (C=O) groups is 1. The largest absolute Gasteiger partial charge is 0.364 e. The molecule has 0 saturated carbocycles. The fourth-order valence-corrected chi connectivity index (χ4v) is 4.85. The molecule has 10 heteroatoms. The third kappa shape index (κ3) is 4.14. The van der Waals surface area contributed by atoms with Crippen molar-refractivity contribution in [2.45, 2.75) is 11.4 Å². The minimum Gasteiger partial charge on any atom is -0.364 e. The van der Waals surface area contributed by atoms with E-state index in [2.05, 4.69) is 4.72 Å². The fraction of sp³-hybridized carbons (Fsp3) is 0.0556. The standard InChI is InChI=1S/C18H14Cl2FN3O3S/c19-13-2-1-3-14(20)17(13)28(26,27)23-16-9-8-15(18(22)25)24(16)10-11-4-6-12(21)7-5-11/h1-9,23H,10H2,(H2,22,25). The summed E-state index contributed by atoms with van der Waals surface area (Å²) in [5, 5.41) is -0.0986. The average Bonchev–Trinajstić information content (AvgIpc) is 2.98. The van der Waals surface area contributed by atoms with Gasteiger partial charge in [-0.2, -0.15) is 0 Å². The molecule has 0 radical (unpaired) electrons. The molecule has 0 aliphatic heterocycles. The van der Waals surface area contributed by atoms with Crippen molar-refractivity contribution in [1.29, 1.82) is 0 Å². The normalized spacial score (nSPS) is 11.4. The Morgan fingerprint density at radius 1 is 1.04 bits per heavy atom. The van der Waals surface area contributed by atoms with Gasteiger partial charge in [0.2, 0.25) is 0 Å². The summed E-state index contributed by atoms with van der Waals surface area (Å²) in [5.74, 6) is -1.09. The number of benzene rings is 2. The summed E-state index contributed by atoms with van der Waals surface area (Å²) >= 11 is 12.0. The van der Waals surface area contributed by atoms with Gasteiger partial charge in [0, 0.05) is 6.54 Å². The first kappa shape index (κ1) is 20.2. The molecule has 3 aromatic rings. The first-order valence-electron chi connectivity index (χ1n) is 7.89. The highest BCUT2D eigenvalue weighted by Crippen LogP contribution is 2.31. The summed E-state index contributed by atoms with van der Waals surface area (Å²) in [6, 6.07) is 12.7. The number of hydrogen-bond acceptors (Lipinski definition) is 3. The van der Waals surface area contributed by atoms with Crippen LogP contribution in [0.3, 0.4) is 0 Å². The van der Waals surface area contributed by atoms with E-state index < -0.39 is 21.7 Å². The second-order valence-corrected chi connectivity index (χ2v) is 8.27. The average molecular weight is 442 g/mol. The lowest BCUT2D eigenvalue weighted by molar-refractivity contribution is 0.0992. The van der Waals surface area contributed by atoms with Crippen LogP contribution in [-0.2, 0) is 16.6 Å². The summed E-state index contributed by atoms with van der Waals surface area (Å²) in [5.41, 5.74) is 6.10. The Morgan fingerprint density at radius 2 is 1.64 bits per heavy atom. The minimum atomic E-state index is -4.16. The maximum atomic E-state index is 13.1. The number of sulfonamides is 1. The van der Waals surface area contributed by atoms with Gasteiger partial charge in [-0.3, -0.25) is 9.52 Å². The number of anilines is 1. The molecule has 0 fully saturated rings. The van der Waals surface area contributed by atoms with E-state index in [4.69, 9.17) is 28.9 Å². The molecular formula is C18H14Cl2FN3O3S. The Labute approximate surface area is 170 Å². The van der Waals surface area contributed by atoms with Crippen LogP contribution in [0.1, 0.15) is 16.1 Å². The van der Waals surface area contributed by atoms with Crippen LogP contribution in [0.4, 0.5) is 10.2 Å². The van der Waals surface area contributed by atoms with Crippen LogP contribution in [0, 0.1) is 5.82 Å². The SMILES string of the molecule is NC(=O)c1ccc(NS(=O)(=O)c2c(Cl)cccc2Cl)n1Cc1ccc(F)cc1. The third-order valence-electron chi connectivity index (χ3n) is 3.91. The maximum Gasteiger partial charge on any atom is 0.265 e. The molecule has 0 unspecified atom stereocenters. The van der Waals surface area contributed by atoms with Gasteiger partial charge in [0.25, 0.3) is 15.9 Å². The Kier molecular flexibility index (Phi) is 5.64. The zero-order valence-electron chi connectivity index (χ0n) is 14.2. The van der Waals surface area contributed by atoms with Gasteiger partial charge >= 0.3 is 0 Å². The number of nitrogens with one attached hydrogen (secondary N) is 1. The third-order valence-corrected chi connectivity index (χ3v) is 6.22. The van der Waals surface area contributed by atoms with E-state index in [1.807, 2.05) is 0 Å². The zero-order valence-corrected chi connectivity index (χ0v) is 16.5.